The van der Waals surface area contributed by atoms with Gasteiger partial charge in [-0.1, -0.05) is 79.6 Å². The number of ketones is 2. The third kappa shape index (κ3) is 15.4. The number of hydrogen-bond acceptors (Lipinski definition) is 5. The number of rotatable bonds is 6. The van der Waals surface area contributed by atoms with Crippen molar-refractivity contribution in [2.24, 2.45) is 11.8 Å². The van der Waals surface area contributed by atoms with Crippen LogP contribution in [-0.2, 0) is 14.4 Å². The van der Waals surface area contributed by atoms with Crippen LogP contribution in [0.3, 0.4) is 0 Å². The predicted octanol–water partition coefficient (Wildman–Crippen LogP) is 6.01. The molecule has 0 aromatic heterocycles. The van der Waals surface area contributed by atoms with E-state index < -0.39 is 0 Å². The van der Waals surface area contributed by atoms with Crippen molar-refractivity contribution in [3.63, 3.8) is 0 Å². The van der Waals surface area contributed by atoms with Crippen LogP contribution in [0.15, 0.2) is 0 Å². The second-order valence-corrected chi connectivity index (χ2v) is 7.91. The summed E-state index contributed by atoms with van der Waals surface area (Å²) in [6.07, 6.45) is 14.0. The Bertz CT molecular complexity index is 419. The standard InChI is InChI=1S/C8H16.C7H13NO2.C7H12O2.C2H6/c1-2-8-6-4-3-5-7-8;1-6(9)7-4-2-3-5-8(7)10;1-3-4-6(2)7(9)5-8;1-2/h8H,2-7H2,1H3;7,10H,2-5H2,1H3;5-6H,3-4H2,1-2H3;1-2H3/t;7-;;/m.0../s1. The molecule has 0 bridgehead atoms. The third-order valence-electron chi connectivity index (χ3n) is 5.57. The van der Waals surface area contributed by atoms with Crippen molar-refractivity contribution in [2.75, 3.05) is 6.54 Å². The van der Waals surface area contributed by atoms with Crippen LogP contribution in [-0.4, -0.2) is 40.7 Å². The molecule has 1 saturated carbocycles. The number of piperidine rings is 1. The van der Waals surface area contributed by atoms with Crippen LogP contribution in [0.1, 0.15) is 112 Å². The van der Waals surface area contributed by atoms with E-state index in [-0.39, 0.29) is 23.5 Å². The second kappa shape index (κ2) is 20.2. The molecule has 2 aliphatic rings. The molecule has 0 radical (unpaired) electrons. The molecule has 2 atom stereocenters. The van der Waals surface area contributed by atoms with Gasteiger partial charge in [-0.3, -0.25) is 14.4 Å². The highest BCUT2D eigenvalue weighted by molar-refractivity contribution is 6.25. The summed E-state index contributed by atoms with van der Waals surface area (Å²) < 4.78 is 0. The van der Waals surface area contributed by atoms with Crippen molar-refractivity contribution in [1.29, 1.82) is 0 Å². The summed E-state index contributed by atoms with van der Waals surface area (Å²) in [6.45, 7) is 12.3. The van der Waals surface area contributed by atoms with E-state index >= 15 is 0 Å². The van der Waals surface area contributed by atoms with Gasteiger partial charge in [0.15, 0.2) is 12.1 Å². The maximum Gasteiger partial charge on any atom is 0.197 e. The molecule has 0 spiro atoms. The molecule has 2 rings (SSSR count). The topological polar surface area (TPSA) is 74.7 Å². The van der Waals surface area contributed by atoms with E-state index in [1.165, 1.54) is 45.4 Å². The zero-order valence-corrected chi connectivity index (χ0v) is 19.9. The van der Waals surface area contributed by atoms with Crippen molar-refractivity contribution < 1.29 is 19.6 Å². The fourth-order valence-corrected chi connectivity index (χ4v) is 3.62. The molecule has 29 heavy (non-hydrogen) atoms. The van der Waals surface area contributed by atoms with E-state index in [1.807, 2.05) is 20.8 Å². The number of Topliss-reactive ketones (excluding diaryl/α,β-unsaturated/α-hetero) is 2. The average Bonchev–Trinajstić information content (AvgIpc) is 2.76. The van der Waals surface area contributed by atoms with E-state index in [2.05, 4.69) is 6.92 Å². The Labute approximate surface area is 179 Å². The van der Waals surface area contributed by atoms with Gasteiger partial charge < -0.3 is 5.21 Å². The minimum absolute atomic E-state index is 0.0715. The van der Waals surface area contributed by atoms with Gasteiger partial charge in [0.25, 0.3) is 0 Å². The lowest BCUT2D eigenvalue weighted by Crippen LogP contribution is -2.41. The Balaban J connectivity index is 0. The molecule has 0 amide bonds. The zero-order chi connectivity index (χ0) is 22.7. The summed E-state index contributed by atoms with van der Waals surface area (Å²) in [5, 5.41) is 10.3. The lowest BCUT2D eigenvalue weighted by atomic mass is 9.88. The summed E-state index contributed by atoms with van der Waals surface area (Å²) in [4.78, 5) is 31.2. The molecule has 5 heteroatoms. The van der Waals surface area contributed by atoms with Crippen LogP contribution >= 0.6 is 0 Å². The Hall–Kier alpha value is -1.07. The quantitative estimate of drug-likeness (QED) is 0.426. The summed E-state index contributed by atoms with van der Waals surface area (Å²) in [7, 11) is 0. The Morgan fingerprint density at radius 1 is 1.03 bits per heavy atom. The average molecular weight is 414 g/mol. The van der Waals surface area contributed by atoms with Crippen LogP contribution in [0, 0.1) is 11.8 Å². The molecule has 0 aromatic carbocycles. The third-order valence-corrected chi connectivity index (χ3v) is 5.57. The Morgan fingerprint density at radius 3 is 1.93 bits per heavy atom. The van der Waals surface area contributed by atoms with Crippen molar-refractivity contribution >= 4 is 17.9 Å². The molecule has 1 aliphatic heterocycles. The van der Waals surface area contributed by atoms with E-state index in [0.717, 1.165) is 43.1 Å². The fraction of sp³-hybridized carbons (Fsp3) is 0.875. The van der Waals surface area contributed by atoms with Gasteiger partial charge in [-0.15, -0.1) is 0 Å². The normalized spacial score (nSPS) is 20.4. The first kappa shape index (κ1) is 30.1. The lowest BCUT2D eigenvalue weighted by Gasteiger charge is -2.27. The molecule has 1 saturated heterocycles. The summed E-state index contributed by atoms with van der Waals surface area (Å²) in [5.41, 5.74) is 0. The lowest BCUT2D eigenvalue weighted by molar-refractivity contribution is -0.159. The van der Waals surface area contributed by atoms with Crippen LogP contribution in [0.25, 0.3) is 0 Å². The molecular formula is C24H47NO4. The maximum absolute atomic E-state index is 10.8. The van der Waals surface area contributed by atoms with Gasteiger partial charge in [0.1, 0.15) is 5.78 Å². The maximum atomic E-state index is 10.8. The van der Waals surface area contributed by atoms with Gasteiger partial charge in [-0.25, -0.2) is 0 Å². The number of nitrogens with zero attached hydrogens (tertiary/aromatic N) is 1. The van der Waals surface area contributed by atoms with Gasteiger partial charge in [0.05, 0.1) is 6.04 Å². The number of carbonyl (C=O) groups excluding carboxylic acids is 3. The van der Waals surface area contributed by atoms with E-state index in [4.69, 9.17) is 5.21 Å². The number of hydrogen-bond donors (Lipinski definition) is 1. The van der Waals surface area contributed by atoms with Crippen LogP contribution < -0.4 is 0 Å². The van der Waals surface area contributed by atoms with Gasteiger partial charge >= 0.3 is 0 Å². The van der Waals surface area contributed by atoms with Gasteiger partial charge in [0, 0.05) is 12.5 Å². The summed E-state index contributed by atoms with van der Waals surface area (Å²) >= 11 is 0. The minimum Gasteiger partial charge on any atom is -0.313 e. The second-order valence-electron chi connectivity index (χ2n) is 7.91. The largest absolute Gasteiger partial charge is 0.313 e. The minimum atomic E-state index is -0.281. The monoisotopic (exact) mass is 413 g/mol. The Morgan fingerprint density at radius 2 is 1.59 bits per heavy atom. The number of carbonyl (C=O) groups is 3. The van der Waals surface area contributed by atoms with Crippen molar-refractivity contribution in [2.45, 2.75) is 118 Å². The molecule has 5 nitrogen and oxygen atoms in total. The fourth-order valence-electron chi connectivity index (χ4n) is 3.62. The smallest absolute Gasteiger partial charge is 0.197 e. The molecular weight excluding hydrogens is 366 g/mol. The Kier molecular flexibility index (Phi) is 21.0. The number of hydroxylamine groups is 2. The molecule has 1 N–H and O–H groups in total. The van der Waals surface area contributed by atoms with Crippen LogP contribution in [0.2, 0.25) is 0 Å². The summed E-state index contributed by atoms with van der Waals surface area (Å²) in [5.74, 6) is 0.801. The predicted molar refractivity (Wildman–Crippen MR) is 120 cm³/mol. The van der Waals surface area contributed by atoms with Crippen molar-refractivity contribution in [1.82, 2.24) is 5.06 Å². The molecule has 1 aliphatic carbocycles. The van der Waals surface area contributed by atoms with Crippen molar-refractivity contribution in [3.05, 3.63) is 0 Å². The highest BCUT2D eigenvalue weighted by Crippen LogP contribution is 2.25. The first-order chi connectivity index (χ1) is 13.9. The molecule has 172 valence electrons. The highest BCUT2D eigenvalue weighted by atomic mass is 16.5. The first-order valence-electron chi connectivity index (χ1n) is 11.8. The van der Waals surface area contributed by atoms with E-state index in [1.54, 1.807) is 6.92 Å². The molecule has 1 unspecified atom stereocenters. The summed E-state index contributed by atoms with van der Waals surface area (Å²) in [6, 6.07) is -0.228. The van der Waals surface area contributed by atoms with Gasteiger partial charge in [-0.05, 0) is 38.5 Å². The van der Waals surface area contributed by atoms with Gasteiger partial charge in [-0.2, -0.15) is 5.06 Å². The first-order valence-corrected chi connectivity index (χ1v) is 11.8. The van der Waals surface area contributed by atoms with Crippen molar-refractivity contribution in [3.8, 4) is 0 Å². The van der Waals surface area contributed by atoms with Crippen LogP contribution in [0.4, 0.5) is 0 Å². The number of aldehydes is 1. The van der Waals surface area contributed by atoms with Gasteiger partial charge in [0.2, 0.25) is 0 Å². The molecule has 1 heterocycles. The highest BCUT2D eigenvalue weighted by Gasteiger charge is 2.23. The van der Waals surface area contributed by atoms with E-state index in [9.17, 15) is 14.4 Å². The zero-order valence-electron chi connectivity index (χ0n) is 19.9. The molecule has 0 aromatic rings. The SMILES string of the molecule is CC.CC(=O)[C@@H]1CCCCN1O.CCC1CCCCC1.CCCC(C)C(=O)C=O. The molecule has 2 fully saturated rings. The van der Waals surface area contributed by atoms with E-state index in [0.29, 0.717) is 12.8 Å². The van der Waals surface area contributed by atoms with Crippen LogP contribution in [0.5, 0.6) is 0 Å².